The average molecular weight is 364 g/mol. The van der Waals surface area contributed by atoms with E-state index in [1.54, 1.807) is 12.5 Å². The second-order valence-electron chi connectivity index (χ2n) is 5.63. The highest BCUT2D eigenvalue weighted by atomic mass is 32.1. The summed E-state index contributed by atoms with van der Waals surface area (Å²) < 4.78 is 10.7. The van der Waals surface area contributed by atoms with Crippen LogP contribution in [0.25, 0.3) is 22.0 Å². The largest absolute Gasteiger partial charge is 0.469 e. The number of thiazole rings is 1. The van der Waals surface area contributed by atoms with Gasteiger partial charge >= 0.3 is 0 Å². The minimum Gasteiger partial charge on any atom is -0.469 e. The van der Waals surface area contributed by atoms with E-state index in [0.29, 0.717) is 34.3 Å². The third-order valence-corrected chi connectivity index (χ3v) is 4.92. The van der Waals surface area contributed by atoms with Crippen LogP contribution in [0.3, 0.4) is 0 Å². The molecule has 130 valence electrons. The van der Waals surface area contributed by atoms with Crippen molar-refractivity contribution in [2.45, 2.75) is 6.42 Å². The minimum absolute atomic E-state index is 0.147. The molecule has 4 aromatic rings. The molecule has 0 unspecified atom stereocenters. The molecular formula is C20H16N2O3S. The molecule has 0 aliphatic heterocycles. The monoisotopic (exact) mass is 364 g/mol. The first-order valence-electron chi connectivity index (χ1n) is 8.22. The van der Waals surface area contributed by atoms with Crippen LogP contribution in [0.2, 0.25) is 0 Å². The van der Waals surface area contributed by atoms with Crippen molar-refractivity contribution in [1.82, 2.24) is 10.3 Å². The van der Waals surface area contributed by atoms with Gasteiger partial charge in [0.2, 0.25) is 0 Å². The lowest BCUT2D eigenvalue weighted by Crippen LogP contribution is -2.25. The van der Waals surface area contributed by atoms with Gasteiger partial charge in [0.1, 0.15) is 10.6 Å². The zero-order valence-electron chi connectivity index (χ0n) is 13.8. The molecule has 26 heavy (non-hydrogen) atoms. The lowest BCUT2D eigenvalue weighted by molar-refractivity contribution is 0.0958. The molecule has 4 rings (SSSR count). The van der Waals surface area contributed by atoms with Crippen molar-refractivity contribution in [1.29, 1.82) is 0 Å². The number of hydrogen-bond donors (Lipinski definition) is 1. The van der Waals surface area contributed by atoms with Crippen LogP contribution < -0.4 is 5.32 Å². The first-order chi connectivity index (χ1) is 12.8. The molecule has 5 nitrogen and oxygen atoms in total. The Morgan fingerprint density at radius 3 is 2.54 bits per heavy atom. The highest BCUT2D eigenvalue weighted by Gasteiger charge is 2.21. The van der Waals surface area contributed by atoms with Gasteiger partial charge in [0.15, 0.2) is 10.8 Å². The minimum atomic E-state index is -0.147. The third kappa shape index (κ3) is 3.45. The van der Waals surface area contributed by atoms with Gasteiger partial charge in [-0.15, -0.1) is 11.3 Å². The maximum absolute atomic E-state index is 12.7. The van der Waals surface area contributed by atoms with Gasteiger partial charge in [-0.3, -0.25) is 4.79 Å². The van der Waals surface area contributed by atoms with Crippen molar-refractivity contribution >= 4 is 17.2 Å². The third-order valence-electron chi connectivity index (χ3n) is 3.85. The summed E-state index contributed by atoms with van der Waals surface area (Å²) in [5.41, 5.74) is 1.57. The average Bonchev–Trinajstić information content (AvgIpc) is 3.42. The number of rotatable bonds is 6. The number of hydrogen-bond acceptors (Lipinski definition) is 5. The number of benzene rings is 1. The fourth-order valence-corrected chi connectivity index (χ4v) is 3.58. The Morgan fingerprint density at radius 1 is 1.00 bits per heavy atom. The van der Waals surface area contributed by atoms with E-state index >= 15 is 0 Å². The number of aromatic nitrogens is 1. The van der Waals surface area contributed by atoms with Gasteiger partial charge in [0.25, 0.3) is 5.91 Å². The first-order valence-corrected chi connectivity index (χ1v) is 9.03. The molecule has 0 saturated carbocycles. The molecule has 1 aromatic carbocycles. The Labute approximate surface area is 154 Å². The fraction of sp³-hybridized carbons (Fsp3) is 0.100. The Balaban J connectivity index is 1.59. The van der Waals surface area contributed by atoms with Gasteiger partial charge in [-0.25, -0.2) is 4.98 Å². The molecule has 0 aliphatic rings. The molecule has 0 spiro atoms. The lowest BCUT2D eigenvalue weighted by Gasteiger charge is -2.04. The molecule has 1 N–H and O–H groups in total. The molecule has 0 saturated heterocycles. The van der Waals surface area contributed by atoms with Crippen LogP contribution in [-0.2, 0) is 6.42 Å². The number of nitrogens with zero attached hydrogens (tertiary/aromatic N) is 1. The van der Waals surface area contributed by atoms with Gasteiger partial charge in [0, 0.05) is 18.5 Å². The van der Waals surface area contributed by atoms with Gasteiger partial charge in [-0.05, 0) is 24.3 Å². The van der Waals surface area contributed by atoms with Crippen LogP contribution in [0.5, 0.6) is 0 Å². The van der Waals surface area contributed by atoms with Crippen molar-refractivity contribution in [3.63, 3.8) is 0 Å². The molecule has 3 heterocycles. The second kappa shape index (κ2) is 7.41. The summed E-state index contributed by atoms with van der Waals surface area (Å²) in [5, 5.41) is 3.63. The van der Waals surface area contributed by atoms with E-state index in [4.69, 9.17) is 8.83 Å². The SMILES string of the molecule is O=C(NCCc1ccco1)c1sc(-c2ccco2)nc1-c1ccccc1. The maximum atomic E-state index is 12.7. The Hall–Kier alpha value is -3.12. The molecule has 1 amide bonds. The summed E-state index contributed by atoms with van der Waals surface area (Å²) in [4.78, 5) is 18.0. The second-order valence-corrected chi connectivity index (χ2v) is 6.62. The van der Waals surface area contributed by atoms with E-state index in [1.165, 1.54) is 11.3 Å². The quantitative estimate of drug-likeness (QED) is 0.541. The standard InChI is InChI=1S/C20H16N2O3S/c23-19(21-11-10-15-8-4-12-24-15)18-17(14-6-2-1-3-7-14)22-20(26-18)16-9-5-13-25-16/h1-9,12-13H,10-11H2,(H,21,23). The normalized spacial score (nSPS) is 10.8. The summed E-state index contributed by atoms with van der Waals surface area (Å²) in [6.45, 7) is 0.495. The summed E-state index contributed by atoms with van der Waals surface area (Å²) in [7, 11) is 0. The van der Waals surface area contributed by atoms with E-state index in [0.717, 1.165) is 11.3 Å². The summed E-state index contributed by atoms with van der Waals surface area (Å²) in [5.74, 6) is 1.35. The van der Waals surface area contributed by atoms with Crippen molar-refractivity contribution in [2.24, 2.45) is 0 Å². The molecule has 0 aliphatic carbocycles. The molecule has 0 bridgehead atoms. The van der Waals surface area contributed by atoms with Gasteiger partial charge in [0.05, 0.1) is 18.2 Å². The van der Waals surface area contributed by atoms with Crippen molar-refractivity contribution in [3.05, 3.63) is 77.8 Å². The number of carbonyl (C=O) groups is 1. The molecule has 6 heteroatoms. The Bertz CT molecular complexity index is 974. The summed E-state index contributed by atoms with van der Waals surface area (Å²) in [6.07, 6.45) is 3.87. The number of amides is 1. The first kappa shape index (κ1) is 16.4. The van der Waals surface area contributed by atoms with E-state index in [2.05, 4.69) is 10.3 Å². The predicted octanol–water partition coefficient (Wildman–Crippen LogP) is 4.64. The highest BCUT2D eigenvalue weighted by Crippen LogP contribution is 2.34. The van der Waals surface area contributed by atoms with Gasteiger partial charge in [-0.1, -0.05) is 30.3 Å². The number of carbonyl (C=O) groups excluding carboxylic acids is 1. The maximum Gasteiger partial charge on any atom is 0.263 e. The van der Waals surface area contributed by atoms with Crippen LogP contribution in [0.4, 0.5) is 0 Å². The zero-order valence-corrected chi connectivity index (χ0v) is 14.7. The Kier molecular flexibility index (Phi) is 4.66. The molecule has 0 radical (unpaired) electrons. The van der Waals surface area contributed by atoms with Gasteiger partial charge in [-0.2, -0.15) is 0 Å². The van der Waals surface area contributed by atoms with E-state index in [1.807, 2.05) is 54.6 Å². The molecule has 0 fully saturated rings. The molecule has 3 aromatic heterocycles. The van der Waals surface area contributed by atoms with E-state index in [9.17, 15) is 4.79 Å². The number of furan rings is 2. The Morgan fingerprint density at radius 2 is 1.81 bits per heavy atom. The molecular weight excluding hydrogens is 348 g/mol. The lowest BCUT2D eigenvalue weighted by atomic mass is 10.1. The van der Waals surface area contributed by atoms with Crippen molar-refractivity contribution in [3.8, 4) is 22.0 Å². The zero-order chi connectivity index (χ0) is 17.8. The van der Waals surface area contributed by atoms with Crippen LogP contribution in [0, 0.1) is 0 Å². The molecule has 0 atom stereocenters. The van der Waals surface area contributed by atoms with E-state index in [-0.39, 0.29) is 5.91 Å². The van der Waals surface area contributed by atoms with Crippen LogP contribution >= 0.6 is 11.3 Å². The van der Waals surface area contributed by atoms with E-state index < -0.39 is 0 Å². The fourth-order valence-electron chi connectivity index (χ4n) is 2.61. The highest BCUT2D eigenvalue weighted by molar-refractivity contribution is 7.17. The summed E-state index contributed by atoms with van der Waals surface area (Å²) in [6, 6.07) is 17.1. The smallest absolute Gasteiger partial charge is 0.263 e. The van der Waals surface area contributed by atoms with Crippen molar-refractivity contribution < 1.29 is 13.6 Å². The topological polar surface area (TPSA) is 68.3 Å². The summed E-state index contributed by atoms with van der Waals surface area (Å²) >= 11 is 1.33. The van der Waals surface area contributed by atoms with Crippen molar-refractivity contribution in [2.75, 3.05) is 6.54 Å². The van der Waals surface area contributed by atoms with Crippen LogP contribution in [0.15, 0.2) is 76.0 Å². The van der Waals surface area contributed by atoms with Gasteiger partial charge < -0.3 is 14.2 Å². The van der Waals surface area contributed by atoms with Crippen LogP contribution in [0.1, 0.15) is 15.4 Å². The predicted molar refractivity (Wildman–Crippen MR) is 100.0 cm³/mol. The van der Waals surface area contributed by atoms with Crippen LogP contribution in [-0.4, -0.2) is 17.4 Å². The number of nitrogens with one attached hydrogen (secondary N) is 1.